The summed E-state index contributed by atoms with van der Waals surface area (Å²) in [5, 5.41) is 7.32. The quantitative estimate of drug-likeness (QED) is 0.593. The van der Waals surface area contributed by atoms with Crippen molar-refractivity contribution in [1.29, 1.82) is 0 Å². The molecule has 0 atom stereocenters. The van der Waals surface area contributed by atoms with Crippen LogP contribution in [0.25, 0.3) is 0 Å². The molecule has 0 aliphatic rings. The predicted octanol–water partition coefficient (Wildman–Crippen LogP) is 3.74. The largest absolute Gasteiger partial charge is 0.380 e. The van der Waals surface area contributed by atoms with E-state index < -0.39 is 0 Å². The van der Waals surface area contributed by atoms with Crippen LogP contribution < -0.4 is 10.6 Å². The smallest absolute Gasteiger partial charge is 0.191 e. The Morgan fingerprint density at radius 3 is 2.42 bits per heavy atom. The average Bonchev–Trinajstić information content (AvgIpc) is 2.60. The number of methoxy groups -OCH3 is 1. The molecular formula is C19H24ClN3O. The van der Waals surface area contributed by atoms with E-state index in [1.807, 2.05) is 31.2 Å². The van der Waals surface area contributed by atoms with Crippen molar-refractivity contribution in [2.75, 3.05) is 13.7 Å². The summed E-state index contributed by atoms with van der Waals surface area (Å²) in [5.74, 6) is 0.776. The van der Waals surface area contributed by atoms with Gasteiger partial charge in [0.25, 0.3) is 0 Å². The third-order valence-corrected chi connectivity index (χ3v) is 3.87. The number of hydrogen-bond acceptors (Lipinski definition) is 2. The number of rotatable bonds is 7. The van der Waals surface area contributed by atoms with Crippen LogP contribution in [-0.4, -0.2) is 19.6 Å². The molecule has 0 amide bonds. The van der Waals surface area contributed by atoms with Gasteiger partial charge in [-0.1, -0.05) is 54.1 Å². The van der Waals surface area contributed by atoms with Gasteiger partial charge in [0, 0.05) is 25.2 Å². The summed E-state index contributed by atoms with van der Waals surface area (Å²) in [4.78, 5) is 4.62. The molecule has 2 aromatic rings. The number of halogens is 1. The van der Waals surface area contributed by atoms with Gasteiger partial charge in [-0.25, -0.2) is 4.99 Å². The summed E-state index contributed by atoms with van der Waals surface area (Å²) in [7, 11) is 1.70. The van der Waals surface area contributed by atoms with Crippen LogP contribution in [0, 0.1) is 0 Å². The first kappa shape index (κ1) is 18.3. The molecule has 4 nitrogen and oxygen atoms in total. The molecule has 0 unspecified atom stereocenters. The van der Waals surface area contributed by atoms with Crippen LogP contribution in [-0.2, 0) is 24.4 Å². The maximum absolute atomic E-state index is 6.19. The zero-order valence-corrected chi connectivity index (χ0v) is 14.9. The van der Waals surface area contributed by atoms with E-state index in [4.69, 9.17) is 16.3 Å². The third kappa shape index (κ3) is 5.87. The average molecular weight is 346 g/mol. The van der Waals surface area contributed by atoms with Crippen molar-refractivity contribution >= 4 is 17.6 Å². The lowest BCUT2D eigenvalue weighted by Crippen LogP contribution is -2.36. The van der Waals surface area contributed by atoms with E-state index in [-0.39, 0.29) is 0 Å². The first-order valence-electron chi connectivity index (χ1n) is 8.05. The summed E-state index contributed by atoms with van der Waals surface area (Å²) in [5.41, 5.74) is 3.37. The van der Waals surface area contributed by atoms with Crippen molar-refractivity contribution in [3.05, 3.63) is 70.2 Å². The molecule has 0 bridgehead atoms. The Morgan fingerprint density at radius 1 is 1.04 bits per heavy atom. The van der Waals surface area contributed by atoms with E-state index in [2.05, 4.69) is 39.9 Å². The highest BCUT2D eigenvalue weighted by molar-refractivity contribution is 6.31. The molecule has 0 aliphatic carbocycles. The highest BCUT2D eigenvalue weighted by atomic mass is 35.5. The van der Waals surface area contributed by atoms with Gasteiger partial charge in [-0.05, 0) is 29.7 Å². The summed E-state index contributed by atoms with van der Waals surface area (Å²) < 4.78 is 5.12. The van der Waals surface area contributed by atoms with Crippen LogP contribution in [0.3, 0.4) is 0 Å². The van der Waals surface area contributed by atoms with Crippen molar-refractivity contribution in [1.82, 2.24) is 10.6 Å². The fraction of sp³-hybridized carbons (Fsp3) is 0.316. The molecule has 2 N–H and O–H groups in total. The molecule has 128 valence electrons. The monoisotopic (exact) mass is 345 g/mol. The molecule has 2 rings (SSSR count). The molecule has 2 aromatic carbocycles. The molecule has 0 aliphatic heterocycles. The molecular weight excluding hydrogens is 322 g/mol. The summed E-state index contributed by atoms with van der Waals surface area (Å²) in [6, 6.07) is 16.1. The van der Waals surface area contributed by atoms with Crippen LogP contribution >= 0.6 is 11.6 Å². The fourth-order valence-electron chi connectivity index (χ4n) is 2.24. The Hall–Kier alpha value is -2.04. The SMILES string of the molecule is CCNC(=NCc1ccc(COC)cc1)NCc1ccccc1Cl. The first-order chi connectivity index (χ1) is 11.7. The molecule has 0 fully saturated rings. The number of benzene rings is 2. The minimum absolute atomic E-state index is 0.616. The van der Waals surface area contributed by atoms with Crippen molar-refractivity contribution in [3.8, 4) is 0 Å². The van der Waals surface area contributed by atoms with Crippen LogP contribution in [0.2, 0.25) is 5.02 Å². The summed E-state index contributed by atoms with van der Waals surface area (Å²) in [6.07, 6.45) is 0. The second kappa shape index (κ2) is 9.96. The zero-order chi connectivity index (χ0) is 17.2. The van der Waals surface area contributed by atoms with Gasteiger partial charge in [0.15, 0.2) is 5.96 Å². The van der Waals surface area contributed by atoms with E-state index in [0.717, 1.165) is 34.2 Å². The van der Waals surface area contributed by atoms with Crippen molar-refractivity contribution in [3.63, 3.8) is 0 Å². The first-order valence-corrected chi connectivity index (χ1v) is 8.43. The maximum atomic E-state index is 6.19. The van der Waals surface area contributed by atoms with E-state index in [1.165, 1.54) is 0 Å². The van der Waals surface area contributed by atoms with E-state index in [0.29, 0.717) is 19.7 Å². The standard InChI is InChI=1S/C19H24ClN3O/c1-3-21-19(23-13-17-6-4-5-7-18(17)20)22-12-15-8-10-16(11-9-15)14-24-2/h4-11H,3,12-14H2,1-2H3,(H2,21,22,23). The molecule has 0 spiro atoms. The van der Waals surface area contributed by atoms with Gasteiger partial charge in [-0.15, -0.1) is 0 Å². The Labute approximate surface area is 148 Å². The van der Waals surface area contributed by atoms with Crippen molar-refractivity contribution in [2.24, 2.45) is 4.99 Å². The van der Waals surface area contributed by atoms with Gasteiger partial charge in [0.1, 0.15) is 0 Å². The number of aliphatic imine (C=N–C) groups is 1. The maximum Gasteiger partial charge on any atom is 0.191 e. The highest BCUT2D eigenvalue weighted by Gasteiger charge is 2.02. The van der Waals surface area contributed by atoms with Gasteiger partial charge in [-0.3, -0.25) is 0 Å². The Kier molecular flexibility index (Phi) is 7.59. The Bertz CT molecular complexity index is 656. The summed E-state index contributed by atoms with van der Waals surface area (Å²) >= 11 is 6.19. The van der Waals surface area contributed by atoms with Crippen molar-refractivity contribution < 1.29 is 4.74 Å². The van der Waals surface area contributed by atoms with E-state index in [1.54, 1.807) is 7.11 Å². The number of guanidine groups is 1. The number of ether oxygens (including phenoxy) is 1. The van der Waals surface area contributed by atoms with Gasteiger partial charge in [-0.2, -0.15) is 0 Å². The molecule has 5 heteroatoms. The summed E-state index contributed by atoms with van der Waals surface area (Å²) in [6.45, 7) is 4.74. The third-order valence-electron chi connectivity index (χ3n) is 3.50. The molecule has 0 saturated heterocycles. The van der Waals surface area contributed by atoms with Crippen LogP contribution in [0.5, 0.6) is 0 Å². The molecule has 0 radical (unpaired) electrons. The normalized spacial score (nSPS) is 11.4. The minimum atomic E-state index is 0.616. The zero-order valence-electron chi connectivity index (χ0n) is 14.2. The Morgan fingerprint density at radius 2 is 1.75 bits per heavy atom. The second-order valence-electron chi connectivity index (χ2n) is 5.39. The molecule has 0 aromatic heterocycles. The lowest BCUT2D eigenvalue weighted by molar-refractivity contribution is 0.185. The van der Waals surface area contributed by atoms with Gasteiger partial charge < -0.3 is 15.4 Å². The lowest BCUT2D eigenvalue weighted by atomic mass is 10.1. The van der Waals surface area contributed by atoms with E-state index >= 15 is 0 Å². The number of nitrogens with zero attached hydrogens (tertiary/aromatic N) is 1. The van der Waals surface area contributed by atoms with Crippen molar-refractivity contribution in [2.45, 2.75) is 26.6 Å². The van der Waals surface area contributed by atoms with Gasteiger partial charge in [0.2, 0.25) is 0 Å². The predicted molar refractivity (Wildman–Crippen MR) is 100 cm³/mol. The van der Waals surface area contributed by atoms with Crippen LogP contribution in [0.4, 0.5) is 0 Å². The molecule has 0 heterocycles. The molecule has 24 heavy (non-hydrogen) atoms. The molecule has 0 saturated carbocycles. The van der Waals surface area contributed by atoms with Gasteiger partial charge in [0.05, 0.1) is 13.2 Å². The number of hydrogen-bond donors (Lipinski definition) is 2. The highest BCUT2D eigenvalue weighted by Crippen LogP contribution is 2.14. The second-order valence-corrected chi connectivity index (χ2v) is 5.80. The fourth-order valence-corrected chi connectivity index (χ4v) is 2.44. The lowest BCUT2D eigenvalue weighted by Gasteiger charge is -2.12. The Balaban J connectivity index is 1.96. The van der Waals surface area contributed by atoms with E-state index in [9.17, 15) is 0 Å². The topological polar surface area (TPSA) is 45.7 Å². The minimum Gasteiger partial charge on any atom is -0.380 e. The number of nitrogens with one attached hydrogen (secondary N) is 2. The van der Waals surface area contributed by atoms with Gasteiger partial charge >= 0.3 is 0 Å². The van der Waals surface area contributed by atoms with Crippen LogP contribution in [0.1, 0.15) is 23.6 Å². The van der Waals surface area contributed by atoms with Crippen LogP contribution in [0.15, 0.2) is 53.5 Å².